The first-order valence-electron chi connectivity index (χ1n) is 7.58. The number of methoxy groups -OCH3 is 2. The Morgan fingerprint density at radius 2 is 1.84 bits per heavy atom. The highest BCUT2D eigenvalue weighted by molar-refractivity contribution is 6.35. The molecule has 0 fully saturated rings. The molecule has 7 heteroatoms. The van der Waals surface area contributed by atoms with Crippen molar-refractivity contribution >= 4 is 35.6 Å². The van der Waals surface area contributed by atoms with Gasteiger partial charge in [0.25, 0.3) is 0 Å². The molecule has 0 spiro atoms. The van der Waals surface area contributed by atoms with Crippen molar-refractivity contribution in [3.05, 3.63) is 57.6 Å². The minimum Gasteiger partial charge on any atom is -0.493 e. The first kappa shape index (κ1) is 21.9. The molecule has 0 heterocycles. The predicted octanol–water partition coefficient (Wildman–Crippen LogP) is 4.74. The number of halogens is 3. The molecule has 0 aliphatic carbocycles. The summed E-state index contributed by atoms with van der Waals surface area (Å²) < 4.78 is 16.5. The normalized spacial score (nSPS) is 10.2. The highest BCUT2D eigenvalue weighted by Gasteiger charge is 2.12. The van der Waals surface area contributed by atoms with Crippen molar-refractivity contribution in [2.24, 2.45) is 0 Å². The third-order valence-electron chi connectivity index (χ3n) is 3.47. The summed E-state index contributed by atoms with van der Waals surface area (Å²) in [7, 11) is 3.30. The van der Waals surface area contributed by atoms with Gasteiger partial charge in [0.15, 0.2) is 11.5 Å². The topological polar surface area (TPSA) is 39.7 Å². The molecule has 0 aromatic heterocycles. The van der Waals surface area contributed by atoms with Crippen LogP contribution >= 0.6 is 35.6 Å². The maximum absolute atomic E-state index is 6.21. The van der Waals surface area contributed by atoms with Gasteiger partial charge in [0, 0.05) is 41.4 Å². The monoisotopic (exact) mass is 405 g/mol. The Bertz CT molecular complexity index is 668. The summed E-state index contributed by atoms with van der Waals surface area (Å²) in [6.45, 7) is 2.41. The maximum atomic E-state index is 6.21. The van der Waals surface area contributed by atoms with E-state index in [0.29, 0.717) is 41.3 Å². The fraction of sp³-hybridized carbons (Fsp3) is 0.333. The molecule has 0 amide bonds. The predicted molar refractivity (Wildman–Crippen MR) is 105 cm³/mol. The Balaban J connectivity index is 0.00000312. The Kier molecular flexibility index (Phi) is 10.0. The minimum absolute atomic E-state index is 0. The zero-order chi connectivity index (χ0) is 17.4. The lowest BCUT2D eigenvalue weighted by Gasteiger charge is -2.16. The Morgan fingerprint density at radius 3 is 2.52 bits per heavy atom. The second-order valence-corrected chi connectivity index (χ2v) is 5.99. The molecule has 2 aromatic carbocycles. The SMILES string of the molecule is COCCNCc1cccc(OC)c1OCc1ccc(Cl)cc1Cl.Cl. The first-order chi connectivity index (χ1) is 11.7. The largest absolute Gasteiger partial charge is 0.493 e. The van der Waals surface area contributed by atoms with Gasteiger partial charge < -0.3 is 19.5 Å². The average Bonchev–Trinajstić information content (AvgIpc) is 2.58. The van der Waals surface area contributed by atoms with Crippen LogP contribution in [0.5, 0.6) is 11.5 Å². The van der Waals surface area contributed by atoms with Crippen molar-refractivity contribution in [3.8, 4) is 11.5 Å². The van der Waals surface area contributed by atoms with Crippen LogP contribution in [0.25, 0.3) is 0 Å². The van der Waals surface area contributed by atoms with E-state index >= 15 is 0 Å². The zero-order valence-corrected chi connectivity index (χ0v) is 16.5. The van der Waals surface area contributed by atoms with Gasteiger partial charge in [0.1, 0.15) is 6.61 Å². The number of benzene rings is 2. The van der Waals surface area contributed by atoms with Crippen LogP contribution in [0, 0.1) is 0 Å². The molecular formula is C18H22Cl3NO3. The molecule has 0 saturated heterocycles. The fourth-order valence-electron chi connectivity index (χ4n) is 2.21. The van der Waals surface area contributed by atoms with Crippen LogP contribution in [0.15, 0.2) is 36.4 Å². The van der Waals surface area contributed by atoms with E-state index < -0.39 is 0 Å². The molecule has 4 nitrogen and oxygen atoms in total. The molecule has 0 bridgehead atoms. The van der Waals surface area contributed by atoms with Crippen LogP contribution < -0.4 is 14.8 Å². The summed E-state index contributed by atoms with van der Waals surface area (Å²) in [5, 5.41) is 4.49. The smallest absolute Gasteiger partial charge is 0.166 e. The third-order valence-corrected chi connectivity index (χ3v) is 4.05. The standard InChI is InChI=1S/C18H21Cl2NO3.ClH/c1-22-9-8-21-11-13-4-3-5-17(23-2)18(13)24-12-14-6-7-15(19)10-16(14)20;/h3-7,10,21H,8-9,11-12H2,1-2H3;1H. The highest BCUT2D eigenvalue weighted by Crippen LogP contribution is 2.32. The maximum Gasteiger partial charge on any atom is 0.166 e. The number of para-hydroxylation sites is 1. The number of ether oxygens (including phenoxy) is 3. The fourth-order valence-corrected chi connectivity index (χ4v) is 2.67. The van der Waals surface area contributed by atoms with E-state index in [1.165, 1.54) is 0 Å². The molecule has 0 aliphatic heterocycles. The van der Waals surface area contributed by atoms with Crippen LogP contribution in [0.2, 0.25) is 10.0 Å². The molecule has 2 aromatic rings. The van der Waals surface area contributed by atoms with E-state index in [-0.39, 0.29) is 12.4 Å². The van der Waals surface area contributed by atoms with E-state index in [9.17, 15) is 0 Å². The van der Waals surface area contributed by atoms with Gasteiger partial charge in [-0.3, -0.25) is 0 Å². The first-order valence-corrected chi connectivity index (χ1v) is 8.33. The summed E-state index contributed by atoms with van der Waals surface area (Å²) in [5.74, 6) is 1.39. The minimum atomic E-state index is 0. The number of rotatable bonds is 9. The van der Waals surface area contributed by atoms with Crippen LogP contribution in [0.4, 0.5) is 0 Å². The molecule has 25 heavy (non-hydrogen) atoms. The average molecular weight is 407 g/mol. The van der Waals surface area contributed by atoms with E-state index in [4.69, 9.17) is 37.4 Å². The van der Waals surface area contributed by atoms with Crippen molar-refractivity contribution in [1.82, 2.24) is 5.32 Å². The lowest BCUT2D eigenvalue weighted by Crippen LogP contribution is -2.19. The quantitative estimate of drug-likeness (QED) is 0.611. The van der Waals surface area contributed by atoms with E-state index in [2.05, 4.69) is 5.32 Å². The van der Waals surface area contributed by atoms with E-state index in [1.807, 2.05) is 24.3 Å². The Hall–Kier alpha value is -1.17. The summed E-state index contributed by atoms with van der Waals surface area (Å²) in [5.41, 5.74) is 1.88. The lowest BCUT2D eigenvalue weighted by molar-refractivity contribution is 0.199. The molecule has 0 unspecified atom stereocenters. The summed E-state index contributed by atoms with van der Waals surface area (Å²) in [6.07, 6.45) is 0. The summed E-state index contributed by atoms with van der Waals surface area (Å²) in [6, 6.07) is 11.2. The van der Waals surface area contributed by atoms with E-state index in [0.717, 1.165) is 17.7 Å². The molecule has 138 valence electrons. The molecular weight excluding hydrogens is 385 g/mol. The number of hydrogen-bond acceptors (Lipinski definition) is 4. The highest BCUT2D eigenvalue weighted by atomic mass is 35.5. The summed E-state index contributed by atoms with van der Waals surface area (Å²) >= 11 is 12.1. The van der Waals surface area contributed by atoms with Crippen molar-refractivity contribution in [3.63, 3.8) is 0 Å². The van der Waals surface area contributed by atoms with Gasteiger partial charge in [-0.05, 0) is 18.2 Å². The van der Waals surface area contributed by atoms with Crippen molar-refractivity contribution in [1.29, 1.82) is 0 Å². The van der Waals surface area contributed by atoms with Crippen LogP contribution in [-0.4, -0.2) is 27.4 Å². The summed E-state index contributed by atoms with van der Waals surface area (Å²) in [4.78, 5) is 0. The Morgan fingerprint density at radius 1 is 1.04 bits per heavy atom. The number of hydrogen-bond donors (Lipinski definition) is 1. The van der Waals surface area contributed by atoms with Gasteiger partial charge in [-0.15, -0.1) is 12.4 Å². The van der Waals surface area contributed by atoms with E-state index in [1.54, 1.807) is 26.4 Å². The lowest BCUT2D eigenvalue weighted by atomic mass is 10.1. The molecule has 0 saturated carbocycles. The molecule has 0 aliphatic rings. The van der Waals surface area contributed by atoms with Crippen molar-refractivity contribution in [2.45, 2.75) is 13.2 Å². The second kappa shape index (κ2) is 11.4. The van der Waals surface area contributed by atoms with Crippen LogP contribution in [-0.2, 0) is 17.9 Å². The third kappa shape index (κ3) is 6.57. The van der Waals surface area contributed by atoms with Gasteiger partial charge in [-0.1, -0.05) is 41.4 Å². The molecule has 0 atom stereocenters. The molecule has 2 rings (SSSR count). The van der Waals surface area contributed by atoms with Gasteiger partial charge in [0.05, 0.1) is 13.7 Å². The van der Waals surface area contributed by atoms with Crippen molar-refractivity contribution < 1.29 is 14.2 Å². The second-order valence-electron chi connectivity index (χ2n) is 5.14. The van der Waals surface area contributed by atoms with Crippen molar-refractivity contribution in [2.75, 3.05) is 27.4 Å². The Labute approximate surface area is 164 Å². The zero-order valence-electron chi connectivity index (χ0n) is 14.2. The van der Waals surface area contributed by atoms with Gasteiger partial charge in [-0.2, -0.15) is 0 Å². The van der Waals surface area contributed by atoms with Gasteiger partial charge >= 0.3 is 0 Å². The van der Waals surface area contributed by atoms with Gasteiger partial charge in [0.2, 0.25) is 0 Å². The van der Waals surface area contributed by atoms with Crippen LogP contribution in [0.1, 0.15) is 11.1 Å². The number of nitrogens with one attached hydrogen (secondary N) is 1. The molecule has 0 radical (unpaired) electrons. The van der Waals surface area contributed by atoms with Gasteiger partial charge in [-0.25, -0.2) is 0 Å². The molecule has 1 N–H and O–H groups in total. The van der Waals surface area contributed by atoms with Crippen LogP contribution in [0.3, 0.4) is 0 Å².